The van der Waals surface area contributed by atoms with Crippen molar-refractivity contribution >= 4 is 23.0 Å². The highest BCUT2D eigenvalue weighted by Crippen LogP contribution is 2.38. The first-order chi connectivity index (χ1) is 7.27. The number of hydrazone groups is 1. The van der Waals surface area contributed by atoms with Gasteiger partial charge in [0.1, 0.15) is 0 Å². The largest absolute Gasteiger partial charge is 0.375 e. The van der Waals surface area contributed by atoms with E-state index in [4.69, 9.17) is 18.0 Å². The summed E-state index contributed by atoms with van der Waals surface area (Å²) in [6, 6.07) is 0. The zero-order valence-corrected chi connectivity index (χ0v) is 9.85. The van der Waals surface area contributed by atoms with Crippen molar-refractivity contribution in [3.63, 3.8) is 0 Å². The van der Waals surface area contributed by atoms with E-state index in [2.05, 4.69) is 10.5 Å². The average molecular weight is 225 g/mol. The lowest BCUT2D eigenvalue weighted by molar-refractivity contribution is 0.260. The van der Waals surface area contributed by atoms with Gasteiger partial charge >= 0.3 is 0 Å². The Balaban J connectivity index is 2.03. The van der Waals surface area contributed by atoms with Crippen LogP contribution in [0.25, 0.3) is 0 Å². The summed E-state index contributed by atoms with van der Waals surface area (Å²) in [6.45, 7) is 0. The van der Waals surface area contributed by atoms with Crippen LogP contribution in [-0.2, 0) is 0 Å². The zero-order chi connectivity index (χ0) is 10.7. The molecular weight excluding hydrogens is 206 g/mol. The first-order valence-corrected chi connectivity index (χ1v) is 6.30. The highest BCUT2D eigenvalue weighted by Gasteiger charge is 2.32. The summed E-state index contributed by atoms with van der Waals surface area (Å²) < 4.78 is 0. The predicted molar refractivity (Wildman–Crippen MR) is 66.7 cm³/mol. The number of nitrogens with one attached hydrogen (secondary N) is 1. The van der Waals surface area contributed by atoms with Crippen LogP contribution in [-0.4, -0.2) is 10.8 Å². The Kier molecular flexibility index (Phi) is 3.57. The number of nitrogens with two attached hydrogens (primary N) is 1. The van der Waals surface area contributed by atoms with Crippen molar-refractivity contribution in [3.8, 4) is 0 Å². The molecule has 2 unspecified atom stereocenters. The Hall–Kier alpha value is -0.640. The molecule has 3 N–H and O–H groups in total. The predicted octanol–water partition coefficient (Wildman–Crippen LogP) is 2.17. The Bertz CT molecular complexity index is 273. The fraction of sp³-hybridized carbons (Fsp3) is 0.818. The highest BCUT2D eigenvalue weighted by atomic mass is 32.1. The van der Waals surface area contributed by atoms with Gasteiger partial charge in [-0.2, -0.15) is 5.10 Å². The molecule has 0 aromatic carbocycles. The quantitative estimate of drug-likeness (QED) is 0.531. The first kappa shape index (κ1) is 10.9. The molecule has 2 atom stereocenters. The van der Waals surface area contributed by atoms with Gasteiger partial charge in [0.15, 0.2) is 5.11 Å². The van der Waals surface area contributed by atoms with E-state index in [-0.39, 0.29) is 5.11 Å². The van der Waals surface area contributed by atoms with Gasteiger partial charge in [-0.15, -0.1) is 0 Å². The van der Waals surface area contributed by atoms with E-state index in [1.54, 1.807) is 0 Å². The second-order valence-electron chi connectivity index (χ2n) is 4.62. The lowest BCUT2D eigenvalue weighted by Crippen LogP contribution is -2.34. The maximum Gasteiger partial charge on any atom is 0.184 e. The Labute approximate surface area is 96.5 Å². The van der Waals surface area contributed by atoms with Crippen LogP contribution in [0.15, 0.2) is 5.10 Å². The summed E-state index contributed by atoms with van der Waals surface area (Å²) >= 11 is 4.77. The lowest BCUT2D eigenvalue weighted by atomic mass is 9.70. The molecule has 0 spiro atoms. The number of fused-ring (bicyclic) bond motifs is 1. The standard InChI is InChI=1S/C11H19N3S/c12-11(15)14-13-10-7-3-5-8-4-1-2-6-9(8)10/h8-9H,1-7H2,(H3,12,14,15)/b13-10+. The van der Waals surface area contributed by atoms with Crippen LogP contribution in [0.5, 0.6) is 0 Å². The molecule has 0 radical (unpaired) electrons. The molecule has 0 amide bonds. The molecule has 2 saturated carbocycles. The molecule has 0 aliphatic heterocycles. The monoisotopic (exact) mass is 225 g/mol. The lowest BCUT2D eigenvalue weighted by Gasteiger charge is -2.36. The normalized spacial score (nSPS) is 33.5. The molecule has 2 rings (SSSR count). The number of hydrogen-bond donors (Lipinski definition) is 2. The number of hydrogen-bond acceptors (Lipinski definition) is 2. The summed E-state index contributed by atoms with van der Waals surface area (Å²) in [5, 5.41) is 4.65. The third-order valence-corrected chi connectivity index (χ3v) is 3.75. The van der Waals surface area contributed by atoms with Gasteiger partial charge in [-0.05, 0) is 50.2 Å². The topological polar surface area (TPSA) is 50.4 Å². The minimum atomic E-state index is 0.278. The SMILES string of the molecule is NC(=S)N/N=C1\CCCC2CCCCC12. The van der Waals surface area contributed by atoms with Crippen LogP contribution in [0.4, 0.5) is 0 Å². The van der Waals surface area contributed by atoms with Gasteiger partial charge in [-0.1, -0.05) is 12.8 Å². The van der Waals surface area contributed by atoms with E-state index in [0.717, 1.165) is 12.3 Å². The molecule has 0 aromatic heterocycles. The maximum atomic E-state index is 5.39. The van der Waals surface area contributed by atoms with Gasteiger partial charge in [0.25, 0.3) is 0 Å². The Morgan fingerprint density at radius 1 is 1.27 bits per heavy atom. The summed E-state index contributed by atoms with van der Waals surface area (Å²) in [6.07, 6.45) is 9.23. The molecule has 15 heavy (non-hydrogen) atoms. The third-order valence-electron chi connectivity index (χ3n) is 3.65. The molecule has 0 saturated heterocycles. The van der Waals surface area contributed by atoms with Crippen LogP contribution < -0.4 is 11.2 Å². The van der Waals surface area contributed by atoms with Crippen molar-refractivity contribution in [1.82, 2.24) is 5.43 Å². The molecule has 2 fully saturated rings. The number of rotatable bonds is 1. The number of thiocarbonyl (C=S) groups is 1. The first-order valence-electron chi connectivity index (χ1n) is 5.89. The van der Waals surface area contributed by atoms with Crippen LogP contribution >= 0.6 is 12.2 Å². The van der Waals surface area contributed by atoms with Crippen molar-refractivity contribution in [2.45, 2.75) is 44.9 Å². The van der Waals surface area contributed by atoms with E-state index >= 15 is 0 Å². The van der Waals surface area contributed by atoms with E-state index in [1.165, 1.54) is 44.2 Å². The molecule has 4 heteroatoms. The van der Waals surface area contributed by atoms with Crippen molar-refractivity contribution < 1.29 is 0 Å². The summed E-state index contributed by atoms with van der Waals surface area (Å²) in [4.78, 5) is 0. The van der Waals surface area contributed by atoms with Gasteiger partial charge in [0.2, 0.25) is 0 Å². The maximum absolute atomic E-state index is 5.39. The summed E-state index contributed by atoms with van der Waals surface area (Å²) in [5.74, 6) is 1.58. The minimum Gasteiger partial charge on any atom is -0.375 e. The number of nitrogens with zero attached hydrogens (tertiary/aromatic N) is 1. The van der Waals surface area contributed by atoms with Gasteiger partial charge in [0.05, 0.1) is 0 Å². The Morgan fingerprint density at radius 2 is 2.00 bits per heavy atom. The van der Waals surface area contributed by atoms with E-state index in [1.807, 2.05) is 0 Å². The van der Waals surface area contributed by atoms with E-state index in [9.17, 15) is 0 Å². The molecule has 0 aromatic rings. The second kappa shape index (κ2) is 4.92. The van der Waals surface area contributed by atoms with Crippen molar-refractivity contribution in [2.75, 3.05) is 0 Å². The van der Waals surface area contributed by atoms with Gasteiger partial charge < -0.3 is 5.73 Å². The molecule has 3 nitrogen and oxygen atoms in total. The van der Waals surface area contributed by atoms with Gasteiger partial charge in [0, 0.05) is 11.6 Å². The zero-order valence-electron chi connectivity index (χ0n) is 9.04. The molecule has 2 aliphatic rings. The second-order valence-corrected chi connectivity index (χ2v) is 5.06. The third kappa shape index (κ3) is 2.68. The minimum absolute atomic E-state index is 0.278. The van der Waals surface area contributed by atoms with E-state index < -0.39 is 0 Å². The van der Waals surface area contributed by atoms with E-state index in [0.29, 0.717) is 5.92 Å². The van der Waals surface area contributed by atoms with Crippen molar-refractivity contribution in [1.29, 1.82) is 0 Å². The van der Waals surface area contributed by atoms with Crippen LogP contribution in [0.1, 0.15) is 44.9 Å². The highest BCUT2D eigenvalue weighted by molar-refractivity contribution is 7.80. The fourth-order valence-electron chi connectivity index (χ4n) is 2.99. The van der Waals surface area contributed by atoms with Crippen molar-refractivity contribution in [2.24, 2.45) is 22.7 Å². The van der Waals surface area contributed by atoms with Gasteiger partial charge in [-0.3, -0.25) is 5.43 Å². The summed E-state index contributed by atoms with van der Waals surface area (Å²) in [7, 11) is 0. The summed E-state index contributed by atoms with van der Waals surface area (Å²) in [5.41, 5.74) is 9.44. The van der Waals surface area contributed by atoms with Gasteiger partial charge in [-0.25, -0.2) is 0 Å². The molecule has 0 bridgehead atoms. The van der Waals surface area contributed by atoms with Crippen LogP contribution in [0.3, 0.4) is 0 Å². The molecule has 84 valence electrons. The van der Waals surface area contributed by atoms with Crippen LogP contribution in [0.2, 0.25) is 0 Å². The molecule has 2 aliphatic carbocycles. The van der Waals surface area contributed by atoms with Crippen molar-refractivity contribution in [3.05, 3.63) is 0 Å². The Morgan fingerprint density at radius 3 is 2.80 bits per heavy atom. The smallest absolute Gasteiger partial charge is 0.184 e. The molecular formula is C11H19N3S. The van der Waals surface area contributed by atoms with Crippen LogP contribution in [0, 0.1) is 11.8 Å². The fourth-order valence-corrected chi connectivity index (χ4v) is 3.03. The average Bonchev–Trinajstić information content (AvgIpc) is 2.26. The molecule has 0 heterocycles.